The Morgan fingerprint density at radius 3 is 2.43 bits per heavy atom. The third-order valence-corrected chi connectivity index (χ3v) is 3.96. The van der Waals surface area contributed by atoms with Crippen molar-refractivity contribution in [2.75, 3.05) is 11.4 Å². The molecule has 0 saturated carbocycles. The normalized spacial score (nSPS) is 17.4. The highest BCUT2D eigenvalue weighted by molar-refractivity contribution is 6.03. The summed E-state index contributed by atoms with van der Waals surface area (Å²) in [7, 11) is 0. The molecule has 1 atom stereocenters. The van der Waals surface area contributed by atoms with E-state index in [1.165, 1.54) is 24.3 Å². The van der Waals surface area contributed by atoms with Crippen molar-refractivity contribution in [3.8, 4) is 0 Å². The Morgan fingerprint density at radius 2 is 1.78 bits per heavy atom. The van der Waals surface area contributed by atoms with Crippen molar-refractivity contribution in [1.29, 1.82) is 0 Å². The summed E-state index contributed by atoms with van der Waals surface area (Å²) in [5, 5.41) is 2.72. The molecule has 0 aliphatic carbocycles. The maximum Gasteiger partial charge on any atom is 0.251 e. The number of nitrogens with zero attached hydrogens (tertiary/aromatic N) is 1. The molecule has 0 spiro atoms. The van der Waals surface area contributed by atoms with Crippen LogP contribution >= 0.6 is 0 Å². The van der Waals surface area contributed by atoms with Crippen LogP contribution in [0.4, 0.5) is 10.1 Å². The van der Waals surface area contributed by atoms with Gasteiger partial charge in [-0.25, -0.2) is 4.39 Å². The Balaban J connectivity index is 1.68. The first kappa shape index (κ1) is 15.2. The summed E-state index contributed by atoms with van der Waals surface area (Å²) in [5.74, 6) is -0.887. The highest BCUT2D eigenvalue weighted by atomic mass is 19.1. The molecule has 5 heteroatoms. The molecule has 3 rings (SSSR count). The van der Waals surface area contributed by atoms with Crippen LogP contribution in [0.15, 0.2) is 48.5 Å². The van der Waals surface area contributed by atoms with Crippen molar-refractivity contribution in [1.82, 2.24) is 5.32 Å². The molecule has 4 nitrogen and oxygen atoms in total. The van der Waals surface area contributed by atoms with Gasteiger partial charge in [-0.05, 0) is 49.7 Å². The smallest absolute Gasteiger partial charge is 0.251 e. The zero-order valence-electron chi connectivity index (χ0n) is 12.8. The third kappa shape index (κ3) is 3.23. The van der Waals surface area contributed by atoms with E-state index in [-0.39, 0.29) is 11.8 Å². The molecule has 1 aliphatic rings. The molecule has 1 saturated heterocycles. The van der Waals surface area contributed by atoms with Crippen LogP contribution in [0.25, 0.3) is 0 Å². The minimum atomic E-state index is -0.547. The lowest BCUT2D eigenvalue weighted by Crippen LogP contribution is -2.41. The molecule has 1 heterocycles. The molecular formula is C18H17FN2O2. The fourth-order valence-corrected chi connectivity index (χ4v) is 2.64. The van der Waals surface area contributed by atoms with E-state index in [2.05, 4.69) is 5.32 Å². The Hall–Kier alpha value is -2.69. The minimum Gasteiger partial charge on any atom is -0.340 e. The number of halogens is 1. The number of hydrogen-bond acceptors (Lipinski definition) is 2. The van der Waals surface area contributed by atoms with Gasteiger partial charge in [-0.15, -0.1) is 0 Å². The van der Waals surface area contributed by atoms with Crippen molar-refractivity contribution in [2.24, 2.45) is 0 Å². The number of nitrogens with one attached hydrogen (secondary N) is 1. The molecule has 0 radical (unpaired) electrons. The van der Waals surface area contributed by atoms with Crippen LogP contribution in [0.3, 0.4) is 0 Å². The SMILES string of the molecule is Cc1ccc(N2CC[C@H](NC(=O)c3ccc(F)cc3)C2=O)cc1. The van der Waals surface area contributed by atoms with Crippen molar-refractivity contribution < 1.29 is 14.0 Å². The number of carbonyl (C=O) groups excluding carboxylic acids is 2. The zero-order chi connectivity index (χ0) is 16.4. The summed E-state index contributed by atoms with van der Waals surface area (Å²) in [4.78, 5) is 26.3. The lowest BCUT2D eigenvalue weighted by Gasteiger charge is -2.17. The summed E-state index contributed by atoms with van der Waals surface area (Å²) in [5.41, 5.74) is 2.30. The van der Waals surface area contributed by atoms with E-state index in [1.807, 2.05) is 31.2 Å². The van der Waals surface area contributed by atoms with Crippen LogP contribution in [-0.4, -0.2) is 24.4 Å². The van der Waals surface area contributed by atoms with E-state index < -0.39 is 11.9 Å². The molecule has 2 aromatic rings. The molecular weight excluding hydrogens is 295 g/mol. The molecule has 1 N–H and O–H groups in total. The molecule has 0 unspecified atom stereocenters. The first-order valence-corrected chi connectivity index (χ1v) is 7.49. The van der Waals surface area contributed by atoms with Crippen LogP contribution in [0.2, 0.25) is 0 Å². The Kier molecular flexibility index (Phi) is 4.10. The standard InChI is InChI=1S/C18H17FN2O2/c1-12-2-8-15(9-3-12)21-11-10-16(18(21)23)20-17(22)13-4-6-14(19)7-5-13/h2-9,16H,10-11H2,1H3,(H,20,22)/t16-/m0/s1. The van der Waals surface area contributed by atoms with Crippen LogP contribution in [0.5, 0.6) is 0 Å². The number of amides is 2. The van der Waals surface area contributed by atoms with Gasteiger partial charge >= 0.3 is 0 Å². The summed E-state index contributed by atoms with van der Waals surface area (Å²) >= 11 is 0. The summed E-state index contributed by atoms with van der Waals surface area (Å²) in [6.45, 7) is 2.55. The fourth-order valence-electron chi connectivity index (χ4n) is 2.64. The van der Waals surface area contributed by atoms with Gasteiger partial charge in [0.1, 0.15) is 11.9 Å². The second kappa shape index (κ2) is 6.20. The molecule has 1 fully saturated rings. The van der Waals surface area contributed by atoms with Crippen LogP contribution in [0, 0.1) is 12.7 Å². The third-order valence-electron chi connectivity index (χ3n) is 3.96. The predicted molar refractivity (Wildman–Crippen MR) is 85.8 cm³/mol. The van der Waals surface area contributed by atoms with Crippen molar-refractivity contribution in [3.05, 3.63) is 65.5 Å². The highest BCUT2D eigenvalue weighted by Crippen LogP contribution is 2.22. The Bertz CT molecular complexity index is 726. The average molecular weight is 312 g/mol. The van der Waals surface area contributed by atoms with Gasteiger partial charge < -0.3 is 10.2 Å². The minimum absolute atomic E-state index is 0.121. The molecule has 1 aliphatic heterocycles. The molecule has 2 amide bonds. The maximum atomic E-state index is 12.9. The van der Waals surface area contributed by atoms with Crippen molar-refractivity contribution in [2.45, 2.75) is 19.4 Å². The van der Waals surface area contributed by atoms with E-state index in [0.29, 0.717) is 18.5 Å². The van der Waals surface area contributed by atoms with Gasteiger partial charge in [0.05, 0.1) is 0 Å². The number of aryl methyl sites for hydroxylation is 1. The molecule has 0 aromatic heterocycles. The number of anilines is 1. The number of benzene rings is 2. The van der Waals surface area contributed by atoms with Crippen molar-refractivity contribution in [3.63, 3.8) is 0 Å². The lowest BCUT2D eigenvalue weighted by atomic mass is 10.2. The van der Waals surface area contributed by atoms with Crippen molar-refractivity contribution >= 4 is 17.5 Å². The molecule has 118 valence electrons. The Labute approximate surface area is 133 Å². The summed E-state index contributed by atoms with van der Waals surface area (Å²) in [6.07, 6.45) is 0.555. The van der Waals surface area contributed by atoms with Crippen LogP contribution in [-0.2, 0) is 4.79 Å². The molecule has 2 aromatic carbocycles. The number of hydrogen-bond donors (Lipinski definition) is 1. The van der Waals surface area contributed by atoms with E-state index in [4.69, 9.17) is 0 Å². The van der Waals surface area contributed by atoms with Crippen LogP contribution < -0.4 is 10.2 Å². The quantitative estimate of drug-likeness (QED) is 0.947. The highest BCUT2D eigenvalue weighted by Gasteiger charge is 2.33. The van der Waals surface area contributed by atoms with Gasteiger partial charge in [0.25, 0.3) is 5.91 Å². The lowest BCUT2D eigenvalue weighted by molar-refractivity contribution is -0.118. The van der Waals surface area contributed by atoms with Gasteiger partial charge in [0.15, 0.2) is 0 Å². The first-order valence-electron chi connectivity index (χ1n) is 7.49. The van der Waals surface area contributed by atoms with Crippen LogP contribution in [0.1, 0.15) is 22.3 Å². The van der Waals surface area contributed by atoms with E-state index in [0.717, 1.165) is 11.3 Å². The average Bonchev–Trinajstić information content (AvgIpc) is 2.90. The number of carbonyl (C=O) groups is 2. The van der Waals surface area contributed by atoms with Gasteiger partial charge in [-0.1, -0.05) is 17.7 Å². The zero-order valence-corrected chi connectivity index (χ0v) is 12.8. The van der Waals surface area contributed by atoms with E-state index >= 15 is 0 Å². The van der Waals surface area contributed by atoms with Gasteiger partial charge in [-0.2, -0.15) is 0 Å². The molecule has 0 bridgehead atoms. The fraction of sp³-hybridized carbons (Fsp3) is 0.222. The molecule has 23 heavy (non-hydrogen) atoms. The monoisotopic (exact) mass is 312 g/mol. The topological polar surface area (TPSA) is 49.4 Å². The second-order valence-corrected chi connectivity index (χ2v) is 5.65. The van der Waals surface area contributed by atoms with Gasteiger partial charge in [0.2, 0.25) is 5.91 Å². The maximum absolute atomic E-state index is 12.9. The second-order valence-electron chi connectivity index (χ2n) is 5.65. The first-order chi connectivity index (χ1) is 11.0. The largest absolute Gasteiger partial charge is 0.340 e. The summed E-state index contributed by atoms with van der Waals surface area (Å²) < 4.78 is 12.9. The predicted octanol–water partition coefficient (Wildman–Crippen LogP) is 2.67. The Morgan fingerprint density at radius 1 is 1.13 bits per heavy atom. The van der Waals surface area contributed by atoms with E-state index in [9.17, 15) is 14.0 Å². The van der Waals surface area contributed by atoms with E-state index in [1.54, 1.807) is 4.90 Å². The number of rotatable bonds is 3. The summed E-state index contributed by atoms with van der Waals surface area (Å²) in [6, 6.07) is 12.4. The van der Waals surface area contributed by atoms with Gasteiger partial charge in [-0.3, -0.25) is 9.59 Å². The van der Waals surface area contributed by atoms with Gasteiger partial charge in [0, 0.05) is 17.8 Å².